The number of hydrogen-bond acceptors (Lipinski definition) is 6. The number of benzene rings is 4. The van der Waals surface area contributed by atoms with E-state index in [9.17, 15) is 25.9 Å². The first-order valence-corrected chi connectivity index (χ1v) is 10.9. The molecule has 0 saturated heterocycles. The van der Waals surface area contributed by atoms with E-state index in [4.69, 9.17) is 0 Å². The van der Waals surface area contributed by atoms with Crippen molar-refractivity contribution in [1.82, 2.24) is 0 Å². The van der Waals surface area contributed by atoms with Gasteiger partial charge >= 0.3 is 37.7 Å². The molecule has 0 atom stereocenters. The summed E-state index contributed by atoms with van der Waals surface area (Å²) >= 11 is 0. The van der Waals surface area contributed by atoms with Crippen molar-refractivity contribution in [2.75, 3.05) is 0 Å². The predicted molar refractivity (Wildman–Crippen MR) is 110 cm³/mol. The van der Waals surface area contributed by atoms with E-state index in [2.05, 4.69) is 0 Å². The third-order valence-corrected chi connectivity index (χ3v) is 5.83. The topological polar surface area (TPSA) is 114 Å². The molecule has 0 aliphatic rings. The van der Waals surface area contributed by atoms with E-state index in [0.717, 1.165) is 10.8 Å². The van der Waals surface area contributed by atoms with Crippen molar-refractivity contribution < 1.29 is 25.9 Å². The van der Waals surface area contributed by atoms with E-state index in [1.54, 1.807) is 72.8 Å². The van der Waals surface area contributed by atoms with Gasteiger partial charge in [-0.05, 0) is 33.7 Å². The zero-order chi connectivity index (χ0) is 20.4. The third-order valence-electron chi connectivity index (χ3n) is 4.04. The standard InChI is InChI=1S/2C10H8O3S.Ca/c2*11-14(12,13)10-7-3-5-8-4-1-2-6-9(8)10;/h2*1-7H,(H,11,12,13);/q;;+2/p-2. The van der Waals surface area contributed by atoms with E-state index in [0.29, 0.717) is 10.8 Å². The Hall–Kier alpha value is -1.52. The first-order chi connectivity index (χ1) is 13.2. The molecule has 0 aliphatic carbocycles. The van der Waals surface area contributed by atoms with Crippen LogP contribution >= 0.6 is 0 Å². The van der Waals surface area contributed by atoms with Crippen molar-refractivity contribution in [3.63, 3.8) is 0 Å². The molecule has 4 rings (SSSR count). The molecule has 29 heavy (non-hydrogen) atoms. The second-order valence-electron chi connectivity index (χ2n) is 5.86. The maximum atomic E-state index is 10.9. The summed E-state index contributed by atoms with van der Waals surface area (Å²) in [7, 11) is -8.76. The van der Waals surface area contributed by atoms with E-state index < -0.39 is 20.2 Å². The van der Waals surface area contributed by atoms with Gasteiger partial charge in [0.1, 0.15) is 20.2 Å². The molecule has 0 radical (unpaired) electrons. The van der Waals surface area contributed by atoms with Crippen LogP contribution in [0.2, 0.25) is 0 Å². The average Bonchev–Trinajstić information content (AvgIpc) is 2.66. The maximum absolute atomic E-state index is 10.9. The molecule has 0 heterocycles. The van der Waals surface area contributed by atoms with E-state index in [-0.39, 0.29) is 47.5 Å². The third kappa shape index (κ3) is 5.76. The van der Waals surface area contributed by atoms with Crippen LogP contribution in [0.25, 0.3) is 21.5 Å². The van der Waals surface area contributed by atoms with Crippen molar-refractivity contribution >= 4 is 79.5 Å². The summed E-state index contributed by atoms with van der Waals surface area (Å²) in [6.07, 6.45) is 0. The number of hydrogen-bond donors (Lipinski definition) is 0. The van der Waals surface area contributed by atoms with Gasteiger partial charge in [-0.2, -0.15) is 0 Å². The zero-order valence-corrected chi connectivity index (χ0v) is 18.9. The van der Waals surface area contributed by atoms with Gasteiger partial charge in [0, 0.05) is 0 Å². The Labute approximate surface area is 198 Å². The number of rotatable bonds is 2. The molecular weight excluding hydrogens is 440 g/mol. The Morgan fingerprint density at radius 3 is 1.14 bits per heavy atom. The second kappa shape index (κ2) is 9.53. The summed E-state index contributed by atoms with van der Waals surface area (Å²) in [6.45, 7) is 0. The van der Waals surface area contributed by atoms with Gasteiger partial charge in [-0.15, -0.1) is 0 Å². The van der Waals surface area contributed by atoms with Crippen molar-refractivity contribution in [3.8, 4) is 0 Å². The molecule has 0 bridgehead atoms. The molecular formula is C20H14CaO6S2. The fourth-order valence-corrected chi connectivity index (χ4v) is 4.23. The van der Waals surface area contributed by atoms with Crippen molar-refractivity contribution in [3.05, 3.63) is 84.9 Å². The molecule has 0 spiro atoms. The minimum atomic E-state index is -4.38. The second-order valence-corrected chi connectivity index (χ2v) is 8.56. The van der Waals surface area contributed by atoms with E-state index in [1.165, 1.54) is 12.1 Å². The molecule has 4 aromatic carbocycles. The van der Waals surface area contributed by atoms with Gasteiger partial charge in [-0.3, -0.25) is 0 Å². The Morgan fingerprint density at radius 1 is 0.483 bits per heavy atom. The van der Waals surface area contributed by atoms with Crippen LogP contribution in [-0.4, -0.2) is 63.7 Å². The van der Waals surface area contributed by atoms with Crippen LogP contribution in [0.5, 0.6) is 0 Å². The van der Waals surface area contributed by atoms with Gasteiger partial charge in [0.2, 0.25) is 0 Å². The average molecular weight is 455 g/mol. The smallest absolute Gasteiger partial charge is 0.744 e. The molecule has 0 saturated carbocycles. The predicted octanol–water partition coefficient (Wildman–Crippen LogP) is 3.11. The quantitative estimate of drug-likeness (QED) is 0.340. The SMILES string of the molecule is O=S(=O)([O-])c1cccc2ccccc12.O=S(=O)([O-])c1cccc2ccccc12.[Ca+2]. The van der Waals surface area contributed by atoms with Crippen LogP contribution < -0.4 is 0 Å². The molecule has 0 aliphatic heterocycles. The van der Waals surface area contributed by atoms with Crippen LogP contribution in [0.1, 0.15) is 0 Å². The molecule has 9 heteroatoms. The first kappa shape index (κ1) is 23.8. The van der Waals surface area contributed by atoms with Gasteiger partial charge in [0.15, 0.2) is 0 Å². The minimum Gasteiger partial charge on any atom is -0.744 e. The summed E-state index contributed by atoms with van der Waals surface area (Å²) in [5, 5.41) is 2.46. The molecule has 0 unspecified atom stereocenters. The normalized spacial score (nSPS) is 11.4. The van der Waals surface area contributed by atoms with Crippen molar-refractivity contribution in [1.29, 1.82) is 0 Å². The fourth-order valence-electron chi connectivity index (χ4n) is 2.83. The Morgan fingerprint density at radius 2 is 0.793 bits per heavy atom. The molecule has 0 fully saturated rings. The minimum absolute atomic E-state index is 0. The zero-order valence-electron chi connectivity index (χ0n) is 15.1. The molecule has 0 N–H and O–H groups in total. The van der Waals surface area contributed by atoms with Crippen molar-refractivity contribution in [2.45, 2.75) is 9.79 Å². The van der Waals surface area contributed by atoms with Crippen molar-refractivity contribution in [2.24, 2.45) is 0 Å². The Bertz CT molecular complexity index is 1250. The fraction of sp³-hybridized carbons (Fsp3) is 0. The summed E-state index contributed by atoms with van der Waals surface area (Å²) < 4.78 is 65.3. The van der Waals surface area contributed by atoms with Gasteiger partial charge in [-0.1, -0.05) is 72.8 Å². The summed E-state index contributed by atoms with van der Waals surface area (Å²) in [5.41, 5.74) is 0. The Balaban J connectivity index is 0.000000200. The van der Waals surface area contributed by atoms with Gasteiger partial charge in [0.25, 0.3) is 0 Å². The summed E-state index contributed by atoms with van der Waals surface area (Å²) in [4.78, 5) is -0.314. The van der Waals surface area contributed by atoms with Crippen LogP contribution in [0.15, 0.2) is 94.7 Å². The number of fused-ring (bicyclic) bond motifs is 2. The van der Waals surface area contributed by atoms with Gasteiger partial charge in [0.05, 0.1) is 9.79 Å². The van der Waals surface area contributed by atoms with Crippen LogP contribution in [-0.2, 0) is 20.2 Å². The summed E-state index contributed by atoms with van der Waals surface area (Å²) in [5.74, 6) is 0. The van der Waals surface area contributed by atoms with Crippen LogP contribution in [0.3, 0.4) is 0 Å². The monoisotopic (exact) mass is 454 g/mol. The molecule has 0 amide bonds. The summed E-state index contributed by atoms with van der Waals surface area (Å²) in [6, 6.07) is 23.1. The molecule has 0 aromatic heterocycles. The Kier molecular flexibility index (Phi) is 7.80. The maximum Gasteiger partial charge on any atom is 2.00 e. The van der Waals surface area contributed by atoms with Crippen LogP contribution in [0.4, 0.5) is 0 Å². The van der Waals surface area contributed by atoms with Gasteiger partial charge in [-0.25, -0.2) is 16.8 Å². The molecule has 4 aromatic rings. The van der Waals surface area contributed by atoms with E-state index in [1.807, 2.05) is 0 Å². The first-order valence-electron chi connectivity index (χ1n) is 8.05. The molecule has 144 valence electrons. The molecule has 6 nitrogen and oxygen atoms in total. The largest absolute Gasteiger partial charge is 2.00 e. The van der Waals surface area contributed by atoms with Crippen LogP contribution in [0, 0.1) is 0 Å². The van der Waals surface area contributed by atoms with E-state index >= 15 is 0 Å². The van der Waals surface area contributed by atoms with Gasteiger partial charge < -0.3 is 9.11 Å².